The minimum Gasteiger partial charge on any atom is -0.469 e. The Hall–Kier alpha value is -2.17. The fourth-order valence-corrected chi connectivity index (χ4v) is 3.27. The fraction of sp³-hybridized carbons (Fsp3) is 0.526. The lowest BCUT2D eigenvalue weighted by atomic mass is 9.82. The van der Waals surface area contributed by atoms with Gasteiger partial charge in [-0.25, -0.2) is 4.98 Å². The van der Waals surface area contributed by atoms with Gasteiger partial charge in [-0.1, -0.05) is 18.2 Å². The average Bonchev–Trinajstić information content (AvgIpc) is 2.62. The van der Waals surface area contributed by atoms with Gasteiger partial charge in [0.2, 0.25) is 0 Å². The number of ether oxygens (including phenoxy) is 1. The quantitative estimate of drug-likeness (QED) is 0.783. The highest BCUT2D eigenvalue weighted by molar-refractivity contribution is 5.72. The molecule has 0 aliphatic heterocycles. The maximum absolute atomic E-state index is 12.7. The molecule has 0 radical (unpaired) electrons. The number of nitrogens with zero attached hydrogens (tertiary/aromatic N) is 2. The van der Waals surface area contributed by atoms with Gasteiger partial charge in [0.15, 0.2) is 0 Å². The highest BCUT2D eigenvalue weighted by Crippen LogP contribution is 2.30. The summed E-state index contributed by atoms with van der Waals surface area (Å²) in [6.07, 6.45) is 12.6. The Labute approximate surface area is 142 Å². The molecule has 1 fully saturated rings. The zero-order chi connectivity index (χ0) is 17.5. The summed E-state index contributed by atoms with van der Waals surface area (Å²) in [5.41, 5.74) is -0.00153. The van der Waals surface area contributed by atoms with Crippen LogP contribution in [0.25, 0.3) is 12.2 Å². The lowest BCUT2D eigenvalue weighted by Gasteiger charge is -2.27. The van der Waals surface area contributed by atoms with E-state index in [2.05, 4.69) is 4.98 Å². The van der Waals surface area contributed by atoms with Crippen LogP contribution in [-0.2, 0) is 16.1 Å². The number of rotatable bonds is 4. The summed E-state index contributed by atoms with van der Waals surface area (Å²) < 4.78 is 6.52. The van der Waals surface area contributed by atoms with Gasteiger partial charge in [-0.2, -0.15) is 0 Å². The molecule has 1 heterocycles. The Bertz CT molecular complexity index is 769. The van der Waals surface area contributed by atoms with Crippen LogP contribution in [0.4, 0.5) is 0 Å². The molecule has 5 heteroatoms. The smallest absolute Gasteiger partial charge is 0.308 e. The van der Waals surface area contributed by atoms with E-state index in [-0.39, 0.29) is 17.4 Å². The molecule has 1 aromatic rings. The molecule has 0 unspecified atom stereocenters. The van der Waals surface area contributed by atoms with E-state index in [0.717, 1.165) is 25.7 Å². The normalized spacial score (nSPS) is 23.0. The summed E-state index contributed by atoms with van der Waals surface area (Å²) in [5.74, 6) is 0.304. The lowest BCUT2D eigenvalue weighted by molar-refractivity contribution is -0.146. The van der Waals surface area contributed by atoms with Crippen molar-refractivity contribution in [2.75, 3.05) is 7.11 Å². The summed E-state index contributed by atoms with van der Waals surface area (Å²) in [4.78, 5) is 28.7. The number of aromatic nitrogens is 2. The predicted molar refractivity (Wildman–Crippen MR) is 94.6 cm³/mol. The van der Waals surface area contributed by atoms with Crippen molar-refractivity contribution < 1.29 is 9.53 Å². The van der Waals surface area contributed by atoms with Gasteiger partial charge in [-0.3, -0.25) is 14.2 Å². The molecule has 1 aromatic heterocycles. The van der Waals surface area contributed by atoms with E-state index < -0.39 is 0 Å². The minimum atomic E-state index is -0.112. The molecule has 0 spiro atoms. The largest absolute Gasteiger partial charge is 0.469 e. The van der Waals surface area contributed by atoms with Crippen LogP contribution in [0.5, 0.6) is 0 Å². The van der Waals surface area contributed by atoms with Crippen molar-refractivity contribution in [2.24, 2.45) is 11.8 Å². The van der Waals surface area contributed by atoms with Crippen molar-refractivity contribution in [3.05, 3.63) is 39.4 Å². The number of esters is 1. The van der Waals surface area contributed by atoms with Gasteiger partial charge in [-0.15, -0.1) is 0 Å². The third-order valence-corrected chi connectivity index (χ3v) is 4.67. The Morgan fingerprint density at radius 1 is 1.33 bits per heavy atom. The third-order valence-electron chi connectivity index (χ3n) is 4.67. The van der Waals surface area contributed by atoms with Crippen LogP contribution in [0.2, 0.25) is 0 Å². The minimum absolute atomic E-state index is 0.00153. The van der Waals surface area contributed by atoms with Crippen molar-refractivity contribution >= 4 is 18.1 Å². The molecule has 0 N–H and O–H groups in total. The Morgan fingerprint density at radius 3 is 2.62 bits per heavy atom. The van der Waals surface area contributed by atoms with Crippen LogP contribution in [-0.4, -0.2) is 22.6 Å². The molecular weight excluding hydrogens is 304 g/mol. The molecular formula is C19H26N2O3. The highest BCUT2D eigenvalue weighted by Gasteiger charge is 2.27. The van der Waals surface area contributed by atoms with Crippen LogP contribution in [0.1, 0.15) is 39.5 Å². The summed E-state index contributed by atoms with van der Waals surface area (Å²) in [6, 6.07) is 0. The lowest BCUT2D eigenvalue weighted by Crippen LogP contribution is -2.47. The molecule has 0 atom stereocenters. The second-order valence-corrected chi connectivity index (χ2v) is 6.22. The number of carbonyl (C=O) groups is 1. The fourth-order valence-electron chi connectivity index (χ4n) is 3.27. The van der Waals surface area contributed by atoms with Crippen LogP contribution in [0, 0.1) is 11.8 Å². The van der Waals surface area contributed by atoms with Crippen molar-refractivity contribution in [1.29, 1.82) is 0 Å². The maximum Gasteiger partial charge on any atom is 0.308 e. The summed E-state index contributed by atoms with van der Waals surface area (Å²) in [7, 11) is 1.44. The first-order valence-electron chi connectivity index (χ1n) is 8.53. The molecule has 24 heavy (non-hydrogen) atoms. The first-order chi connectivity index (χ1) is 11.6. The molecule has 2 rings (SSSR count). The molecule has 1 aliphatic rings. The molecule has 0 aromatic carbocycles. The second kappa shape index (κ2) is 8.62. The monoisotopic (exact) mass is 330 g/mol. The third kappa shape index (κ3) is 4.22. The van der Waals surface area contributed by atoms with Crippen molar-refractivity contribution in [2.45, 2.75) is 46.1 Å². The number of carbonyl (C=O) groups excluding carboxylic acids is 1. The van der Waals surface area contributed by atoms with E-state index in [4.69, 9.17) is 4.74 Å². The molecule has 5 nitrogen and oxygen atoms in total. The Balaban J connectivity index is 2.15. The number of methoxy groups -OCH3 is 1. The average molecular weight is 330 g/mol. The van der Waals surface area contributed by atoms with Gasteiger partial charge in [0.05, 0.1) is 29.9 Å². The van der Waals surface area contributed by atoms with E-state index in [9.17, 15) is 9.59 Å². The van der Waals surface area contributed by atoms with Gasteiger partial charge in [0.25, 0.3) is 5.56 Å². The van der Waals surface area contributed by atoms with Crippen LogP contribution in [0.15, 0.2) is 23.3 Å². The van der Waals surface area contributed by atoms with Crippen LogP contribution < -0.4 is 16.1 Å². The Kier molecular flexibility index (Phi) is 6.53. The number of hydrogen-bond acceptors (Lipinski definition) is 4. The molecule has 1 saturated carbocycles. The zero-order valence-electron chi connectivity index (χ0n) is 14.7. The van der Waals surface area contributed by atoms with Gasteiger partial charge < -0.3 is 4.74 Å². The summed E-state index contributed by atoms with van der Waals surface area (Å²) in [5, 5.41) is 1.34. The van der Waals surface area contributed by atoms with Crippen molar-refractivity contribution in [1.82, 2.24) is 9.55 Å². The molecule has 130 valence electrons. The van der Waals surface area contributed by atoms with E-state index in [1.807, 2.05) is 38.2 Å². The van der Waals surface area contributed by atoms with Crippen LogP contribution >= 0.6 is 0 Å². The van der Waals surface area contributed by atoms with Gasteiger partial charge >= 0.3 is 5.97 Å². The van der Waals surface area contributed by atoms with E-state index >= 15 is 0 Å². The topological polar surface area (TPSA) is 61.2 Å². The second-order valence-electron chi connectivity index (χ2n) is 6.22. The molecule has 0 saturated heterocycles. The highest BCUT2D eigenvalue weighted by atomic mass is 16.5. The number of hydrogen-bond donors (Lipinski definition) is 0. The van der Waals surface area contributed by atoms with Gasteiger partial charge in [0, 0.05) is 6.54 Å². The van der Waals surface area contributed by atoms with E-state index in [0.29, 0.717) is 23.0 Å². The summed E-state index contributed by atoms with van der Waals surface area (Å²) >= 11 is 0. The first kappa shape index (κ1) is 18.2. The van der Waals surface area contributed by atoms with Crippen molar-refractivity contribution in [3.63, 3.8) is 0 Å². The molecule has 0 amide bonds. The summed E-state index contributed by atoms with van der Waals surface area (Å²) in [6.45, 7) is 4.44. The van der Waals surface area contributed by atoms with E-state index in [1.165, 1.54) is 7.11 Å². The predicted octanol–water partition coefficient (Wildman–Crippen LogP) is 1.38. The zero-order valence-corrected chi connectivity index (χ0v) is 14.7. The molecule has 0 bridgehead atoms. The van der Waals surface area contributed by atoms with E-state index in [1.54, 1.807) is 10.9 Å². The number of allylic oxidation sites excluding steroid dienone is 2. The van der Waals surface area contributed by atoms with Crippen molar-refractivity contribution in [3.8, 4) is 0 Å². The molecule has 1 aliphatic carbocycles. The van der Waals surface area contributed by atoms with Crippen LogP contribution in [0.3, 0.4) is 0 Å². The standard InChI is InChI=1S/C19H26N2O3/c1-4-6-7-17-16(5-2)18(22)21(13-20-17)12-14-8-10-15(11-9-14)19(23)24-3/h4-7,13-15H,8-12H2,1-3H3/b6-4+,16-5+,17-7+. The maximum atomic E-state index is 12.7. The Morgan fingerprint density at radius 2 is 2.04 bits per heavy atom. The SMILES string of the molecule is C/C=C/C=c1/ncn(CC2CCC(C(=O)OC)CC2)c(=O)/c1=C/C. The van der Waals surface area contributed by atoms with Gasteiger partial charge in [-0.05, 0) is 51.5 Å². The van der Waals surface area contributed by atoms with Gasteiger partial charge in [0.1, 0.15) is 0 Å². The first-order valence-corrected chi connectivity index (χ1v) is 8.53.